The van der Waals surface area contributed by atoms with Gasteiger partial charge in [0.05, 0.1) is 0 Å². The van der Waals surface area contributed by atoms with Crippen molar-refractivity contribution < 1.29 is 0 Å². The lowest BCUT2D eigenvalue weighted by Crippen LogP contribution is -2.49. The van der Waals surface area contributed by atoms with Crippen LogP contribution < -0.4 is 4.90 Å². The Hall–Kier alpha value is -1.80. The van der Waals surface area contributed by atoms with E-state index in [1.807, 2.05) is 0 Å². The van der Waals surface area contributed by atoms with Gasteiger partial charge in [-0.3, -0.25) is 4.90 Å². The molecule has 1 aromatic carbocycles. The summed E-state index contributed by atoms with van der Waals surface area (Å²) in [6.07, 6.45) is 19.8. The van der Waals surface area contributed by atoms with E-state index >= 15 is 0 Å². The minimum Gasteiger partial charge on any atom is -0.344 e. The fourth-order valence-electron chi connectivity index (χ4n) is 4.94. The van der Waals surface area contributed by atoms with Crippen LogP contribution in [0.1, 0.15) is 44.1 Å². The Morgan fingerprint density at radius 2 is 1.80 bits per heavy atom. The van der Waals surface area contributed by atoms with Gasteiger partial charge in [-0.1, -0.05) is 49.3 Å². The van der Waals surface area contributed by atoms with Crippen LogP contribution in [0.5, 0.6) is 0 Å². The van der Waals surface area contributed by atoms with Crippen LogP contribution in [0.2, 0.25) is 0 Å². The van der Waals surface area contributed by atoms with E-state index in [-0.39, 0.29) is 0 Å². The Morgan fingerprint density at radius 3 is 2.72 bits per heavy atom. The third-order valence-electron chi connectivity index (χ3n) is 6.47. The first-order chi connectivity index (χ1) is 12.2. The molecule has 2 heterocycles. The van der Waals surface area contributed by atoms with E-state index in [0.29, 0.717) is 6.04 Å². The second-order valence-corrected chi connectivity index (χ2v) is 7.85. The van der Waals surface area contributed by atoms with E-state index in [4.69, 9.17) is 0 Å². The minimum absolute atomic E-state index is 0.598. The molecule has 2 fully saturated rings. The molecule has 1 saturated heterocycles. The van der Waals surface area contributed by atoms with Gasteiger partial charge < -0.3 is 4.90 Å². The Morgan fingerprint density at radius 1 is 0.960 bits per heavy atom. The van der Waals surface area contributed by atoms with E-state index in [2.05, 4.69) is 78.5 Å². The summed E-state index contributed by atoms with van der Waals surface area (Å²) < 4.78 is 0. The zero-order chi connectivity index (χ0) is 17.2. The summed E-state index contributed by atoms with van der Waals surface area (Å²) in [4.78, 5) is 4.93. The lowest BCUT2D eigenvalue weighted by atomic mass is 9.76. The largest absolute Gasteiger partial charge is 0.344 e. The van der Waals surface area contributed by atoms with Gasteiger partial charge in [-0.05, 0) is 62.4 Å². The van der Waals surface area contributed by atoms with Crippen molar-refractivity contribution in [3.63, 3.8) is 0 Å². The maximum absolute atomic E-state index is 2.65. The number of fused-ring (bicyclic) bond motifs is 2. The molecule has 0 spiro atoms. The smallest absolute Gasteiger partial charge is 0.0481 e. The van der Waals surface area contributed by atoms with E-state index in [1.165, 1.54) is 55.5 Å². The predicted octanol–water partition coefficient (Wildman–Crippen LogP) is 5.24. The number of likely N-dealkylation sites (tertiary alicyclic amines) is 1. The van der Waals surface area contributed by atoms with Crippen molar-refractivity contribution in [1.29, 1.82) is 0 Å². The Kier molecular flexibility index (Phi) is 4.80. The third-order valence-corrected chi connectivity index (χ3v) is 6.47. The number of para-hydroxylation sites is 1. The molecule has 0 N–H and O–H groups in total. The standard InChI is InChI=1S/C23H30N2/c1-24-20(16-14-18-8-3-5-12-22(18)24)10-7-11-21-17-15-19-9-4-6-13-23(19)25(21)2/h3,5,7-8,10-12,14,16,19,21,23H,4,6,9,13,15,17H2,1-2H3. The van der Waals surface area contributed by atoms with Crippen LogP contribution in [-0.4, -0.2) is 31.1 Å². The average Bonchev–Trinajstić information content (AvgIpc) is 2.66. The fraction of sp³-hybridized carbons (Fsp3) is 0.478. The van der Waals surface area contributed by atoms with Gasteiger partial charge in [0.25, 0.3) is 0 Å². The molecule has 2 heteroatoms. The first-order valence-electron chi connectivity index (χ1n) is 9.85. The van der Waals surface area contributed by atoms with Crippen LogP contribution in [-0.2, 0) is 0 Å². The normalized spacial score (nSPS) is 31.4. The minimum atomic E-state index is 0.598. The monoisotopic (exact) mass is 334 g/mol. The predicted molar refractivity (Wildman–Crippen MR) is 108 cm³/mol. The summed E-state index contributed by atoms with van der Waals surface area (Å²) in [7, 11) is 4.49. The van der Waals surface area contributed by atoms with Crippen LogP contribution >= 0.6 is 0 Å². The SMILES string of the molecule is CN1C(=CC=CC2CCC3CCCCC3N2C)C=Cc2ccccc21. The Labute approximate surface area is 152 Å². The topological polar surface area (TPSA) is 6.48 Å². The van der Waals surface area contributed by atoms with Crippen LogP contribution in [0.3, 0.4) is 0 Å². The molecule has 1 aliphatic carbocycles. The first-order valence-corrected chi connectivity index (χ1v) is 9.85. The molecule has 3 atom stereocenters. The number of hydrogen-bond acceptors (Lipinski definition) is 2. The molecule has 132 valence electrons. The van der Waals surface area contributed by atoms with Gasteiger partial charge in [0, 0.05) is 30.5 Å². The highest BCUT2D eigenvalue weighted by atomic mass is 15.2. The van der Waals surface area contributed by atoms with Crippen LogP contribution in [0.15, 0.2) is 54.3 Å². The van der Waals surface area contributed by atoms with Crippen LogP contribution in [0, 0.1) is 5.92 Å². The van der Waals surface area contributed by atoms with Crippen LogP contribution in [0.25, 0.3) is 6.08 Å². The zero-order valence-corrected chi connectivity index (χ0v) is 15.6. The number of benzene rings is 1. The lowest BCUT2D eigenvalue weighted by Gasteiger charge is -2.46. The van der Waals surface area contributed by atoms with Gasteiger partial charge in [0.15, 0.2) is 0 Å². The molecular formula is C23H30N2. The maximum atomic E-state index is 2.65. The summed E-state index contributed by atoms with van der Waals surface area (Å²) >= 11 is 0. The van der Waals surface area contributed by atoms with Gasteiger partial charge in [0.2, 0.25) is 0 Å². The molecule has 25 heavy (non-hydrogen) atoms. The molecule has 1 aromatic rings. The summed E-state index contributed by atoms with van der Waals surface area (Å²) in [6, 6.07) is 9.99. The third kappa shape index (κ3) is 3.32. The van der Waals surface area contributed by atoms with Crippen molar-refractivity contribution in [3.05, 3.63) is 59.8 Å². The molecule has 3 aliphatic rings. The van der Waals surface area contributed by atoms with Gasteiger partial charge in [-0.15, -0.1) is 0 Å². The highest BCUT2D eigenvalue weighted by molar-refractivity contribution is 5.76. The van der Waals surface area contributed by atoms with Crippen molar-refractivity contribution in [1.82, 2.24) is 4.90 Å². The van der Waals surface area contributed by atoms with Crippen molar-refractivity contribution in [2.75, 3.05) is 19.0 Å². The number of anilines is 1. The second-order valence-electron chi connectivity index (χ2n) is 7.85. The molecule has 1 saturated carbocycles. The number of rotatable bonds is 2. The van der Waals surface area contributed by atoms with Gasteiger partial charge in [0.1, 0.15) is 0 Å². The molecule has 4 rings (SSSR count). The molecule has 2 aliphatic heterocycles. The van der Waals surface area contributed by atoms with Crippen molar-refractivity contribution in [2.24, 2.45) is 5.92 Å². The number of piperidine rings is 1. The van der Waals surface area contributed by atoms with E-state index in [1.54, 1.807) is 0 Å². The first kappa shape index (κ1) is 16.7. The van der Waals surface area contributed by atoms with Crippen molar-refractivity contribution >= 4 is 11.8 Å². The second kappa shape index (κ2) is 7.21. The van der Waals surface area contributed by atoms with E-state index in [0.717, 1.165) is 12.0 Å². The maximum Gasteiger partial charge on any atom is 0.0481 e. The summed E-state index contributed by atoms with van der Waals surface area (Å²) in [6.45, 7) is 0. The van der Waals surface area contributed by atoms with Gasteiger partial charge >= 0.3 is 0 Å². The quantitative estimate of drug-likeness (QED) is 0.729. The summed E-state index contributed by atoms with van der Waals surface area (Å²) in [5, 5.41) is 0. The van der Waals surface area contributed by atoms with Crippen molar-refractivity contribution in [2.45, 2.75) is 50.6 Å². The Bertz CT molecular complexity index is 700. The molecule has 3 unspecified atom stereocenters. The molecule has 0 aromatic heterocycles. The molecular weight excluding hydrogens is 304 g/mol. The van der Waals surface area contributed by atoms with Crippen LogP contribution in [0.4, 0.5) is 5.69 Å². The lowest BCUT2D eigenvalue weighted by molar-refractivity contribution is 0.0557. The van der Waals surface area contributed by atoms with E-state index < -0.39 is 0 Å². The molecule has 2 nitrogen and oxygen atoms in total. The highest BCUT2D eigenvalue weighted by Crippen LogP contribution is 2.37. The van der Waals surface area contributed by atoms with Gasteiger partial charge in [-0.25, -0.2) is 0 Å². The number of likely N-dealkylation sites (N-methyl/N-ethyl adjacent to an activating group) is 2. The fourth-order valence-corrected chi connectivity index (χ4v) is 4.94. The van der Waals surface area contributed by atoms with Gasteiger partial charge in [-0.2, -0.15) is 0 Å². The zero-order valence-electron chi connectivity index (χ0n) is 15.6. The Balaban J connectivity index is 1.45. The number of allylic oxidation sites excluding steroid dienone is 3. The molecule has 0 radical (unpaired) electrons. The molecule has 0 amide bonds. The molecule has 0 bridgehead atoms. The number of hydrogen-bond donors (Lipinski definition) is 0. The summed E-state index contributed by atoms with van der Waals surface area (Å²) in [5.41, 5.74) is 3.83. The summed E-state index contributed by atoms with van der Waals surface area (Å²) in [5.74, 6) is 0.950. The van der Waals surface area contributed by atoms with Crippen molar-refractivity contribution in [3.8, 4) is 0 Å². The number of nitrogens with zero attached hydrogens (tertiary/aromatic N) is 2. The van der Waals surface area contributed by atoms with E-state index in [9.17, 15) is 0 Å². The average molecular weight is 335 g/mol. The highest BCUT2D eigenvalue weighted by Gasteiger charge is 2.35.